The molecule has 0 fully saturated rings. The van der Waals surface area contributed by atoms with E-state index in [1.54, 1.807) is 24.5 Å². The van der Waals surface area contributed by atoms with E-state index in [1.807, 2.05) is 43.3 Å². The first-order valence-corrected chi connectivity index (χ1v) is 9.66. The van der Waals surface area contributed by atoms with E-state index in [4.69, 9.17) is 13.9 Å². The lowest BCUT2D eigenvalue weighted by Crippen LogP contribution is -2.35. The SMILES string of the molecule is CCOc1cccc(CN(Cc2ccco2)CC(O)COc2ccccc2F)c1. The molecule has 0 aliphatic rings. The monoisotopic (exact) mass is 399 g/mol. The molecule has 1 aromatic heterocycles. The number of furan rings is 1. The first-order chi connectivity index (χ1) is 14.1. The molecule has 1 unspecified atom stereocenters. The van der Waals surface area contributed by atoms with Crippen LogP contribution in [-0.4, -0.2) is 35.9 Å². The van der Waals surface area contributed by atoms with Crippen LogP contribution < -0.4 is 9.47 Å². The summed E-state index contributed by atoms with van der Waals surface area (Å²) in [6, 6.07) is 17.8. The van der Waals surface area contributed by atoms with Gasteiger partial charge in [0.25, 0.3) is 0 Å². The average molecular weight is 399 g/mol. The Morgan fingerprint density at radius 2 is 1.90 bits per heavy atom. The van der Waals surface area contributed by atoms with Crippen LogP contribution in [0, 0.1) is 5.82 Å². The van der Waals surface area contributed by atoms with Gasteiger partial charge in [-0.2, -0.15) is 0 Å². The quantitative estimate of drug-likeness (QED) is 0.522. The Bertz CT molecular complexity index is 869. The summed E-state index contributed by atoms with van der Waals surface area (Å²) < 4.78 is 30.2. The summed E-state index contributed by atoms with van der Waals surface area (Å²) in [5.74, 6) is 1.30. The molecule has 29 heavy (non-hydrogen) atoms. The van der Waals surface area contributed by atoms with Crippen molar-refractivity contribution in [2.24, 2.45) is 0 Å². The lowest BCUT2D eigenvalue weighted by atomic mass is 10.2. The second-order valence-corrected chi connectivity index (χ2v) is 6.72. The maximum Gasteiger partial charge on any atom is 0.165 e. The van der Waals surface area contributed by atoms with Gasteiger partial charge in [0.05, 0.1) is 19.4 Å². The maximum absolute atomic E-state index is 13.7. The predicted octanol–water partition coefficient (Wildman–Crippen LogP) is 4.26. The van der Waals surface area contributed by atoms with E-state index in [2.05, 4.69) is 4.90 Å². The summed E-state index contributed by atoms with van der Waals surface area (Å²) in [5.41, 5.74) is 1.06. The molecule has 5 nitrogen and oxygen atoms in total. The number of aliphatic hydroxyl groups excluding tert-OH is 1. The third-order valence-electron chi connectivity index (χ3n) is 4.31. The molecule has 0 bridgehead atoms. The topological polar surface area (TPSA) is 55.1 Å². The van der Waals surface area contributed by atoms with Crippen molar-refractivity contribution in [1.82, 2.24) is 4.90 Å². The van der Waals surface area contributed by atoms with Gasteiger partial charge in [-0.25, -0.2) is 4.39 Å². The Balaban J connectivity index is 1.63. The zero-order chi connectivity index (χ0) is 20.5. The molecule has 3 rings (SSSR count). The molecular weight excluding hydrogens is 373 g/mol. The van der Waals surface area contributed by atoms with E-state index < -0.39 is 11.9 Å². The highest BCUT2D eigenvalue weighted by Gasteiger charge is 2.16. The van der Waals surface area contributed by atoms with E-state index in [0.717, 1.165) is 17.1 Å². The molecule has 0 aliphatic carbocycles. The zero-order valence-corrected chi connectivity index (χ0v) is 16.5. The number of rotatable bonds is 11. The molecule has 2 aromatic carbocycles. The fourth-order valence-corrected chi connectivity index (χ4v) is 3.06. The molecule has 154 valence electrons. The highest BCUT2D eigenvalue weighted by atomic mass is 19.1. The predicted molar refractivity (Wildman–Crippen MR) is 108 cm³/mol. The lowest BCUT2D eigenvalue weighted by molar-refractivity contribution is 0.0592. The molecule has 3 aromatic rings. The number of hydrogen-bond donors (Lipinski definition) is 1. The number of hydrogen-bond acceptors (Lipinski definition) is 5. The standard InChI is InChI=1S/C23H26FNO4/c1-2-27-20-8-5-7-18(13-20)14-25(16-21-9-6-12-28-21)15-19(26)17-29-23-11-4-3-10-22(23)24/h3-13,19,26H,2,14-17H2,1H3. The molecule has 1 N–H and O–H groups in total. The number of ether oxygens (including phenoxy) is 2. The number of nitrogens with zero attached hydrogens (tertiary/aromatic N) is 1. The molecule has 0 spiro atoms. The van der Waals surface area contributed by atoms with Crippen LogP contribution in [0.15, 0.2) is 71.3 Å². The molecule has 0 aliphatic heterocycles. The summed E-state index contributed by atoms with van der Waals surface area (Å²) in [4.78, 5) is 2.05. The number of halogens is 1. The molecule has 0 saturated carbocycles. The van der Waals surface area contributed by atoms with Crippen molar-refractivity contribution >= 4 is 0 Å². The zero-order valence-electron chi connectivity index (χ0n) is 16.5. The summed E-state index contributed by atoms with van der Waals surface area (Å²) in [5, 5.41) is 10.5. The number of benzene rings is 2. The Morgan fingerprint density at radius 3 is 2.66 bits per heavy atom. The molecule has 0 radical (unpaired) electrons. The Labute approximate surface area is 170 Å². The third kappa shape index (κ3) is 6.62. The van der Waals surface area contributed by atoms with Crippen LogP contribution in [0.4, 0.5) is 4.39 Å². The minimum Gasteiger partial charge on any atom is -0.494 e. The van der Waals surface area contributed by atoms with Gasteiger partial charge in [0, 0.05) is 13.1 Å². The molecule has 1 heterocycles. The van der Waals surface area contributed by atoms with Gasteiger partial charge >= 0.3 is 0 Å². The lowest BCUT2D eigenvalue weighted by Gasteiger charge is -2.24. The highest BCUT2D eigenvalue weighted by molar-refractivity contribution is 5.28. The van der Waals surface area contributed by atoms with Crippen LogP contribution in [0.3, 0.4) is 0 Å². The van der Waals surface area contributed by atoms with E-state index in [9.17, 15) is 9.50 Å². The Morgan fingerprint density at radius 1 is 1.03 bits per heavy atom. The van der Waals surface area contributed by atoms with Gasteiger partial charge in [0.1, 0.15) is 24.2 Å². The minimum absolute atomic E-state index is 0.00538. The van der Waals surface area contributed by atoms with Crippen LogP contribution in [0.25, 0.3) is 0 Å². The Kier molecular flexibility index (Phi) is 7.67. The van der Waals surface area contributed by atoms with E-state index in [-0.39, 0.29) is 12.4 Å². The average Bonchev–Trinajstić information content (AvgIpc) is 3.21. The molecule has 0 amide bonds. The number of aliphatic hydroxyl groups is 1. The van der Waals surface area contributed by atoms with Crippen LogP contribution in [0.1, 0.15) is 18.2 Å². The fourth-order valence-electron chi connectivity index (χ4n) is 3.06. The fraction of sp³-hybridized carbons (Fsp3) is 0.304. The summed E-state index contributed by atoms with van der Waals surface area (Å²) >= 11 is 0. The molecule has 0 saturated heterocycles. The molecule has 1 atom stereocenters. The minimum atomic E-state index is -0.792. The van der Waals surface area contributed by atoms with E-state index in [0.29, 0.717) is 26.2 Å². The second kappa shape index (κ2) is 10.6. The first-order valence-electron chi connectivity index (χ1n) is 9.66. The van der Waals surface area contributed by atoms with Crippen molar-refractivity contribution in [3.63, 3.8) is 0 Å². The van der Waals surface area contributed by atoms with E-state index in [1.165, 1.54) is 6.07 Å². The van der Waals surface area contributed by atoms with Gasteiger partial charge in [0.15, 0.2) is 11.6 Å². The van der Waals surface area contributed by atoms with Gasteiger partial charge in [-0.15, -0.1) is 0 Å². The summed E-state index contributed by atoms with van der Waals surface area (Å²) in [7, 11) is 0. The molecule has 6 heteroatoms. The summed E-state index contributed by atoms with van der Waals surface area (Å²) in [6.07, 6.45) is 0.834. The normalized spacial score (nSPS) is 12.1. The van der Waals surface area contributed by atoms with Gasteiger partial charge in [-0.3, -0.25) is 4.90 Å². The highest BCUT2D eigenvalue weighted by Crippen LogP contribution is 2.18. The maximum atomic E-state index is 13.7. The first kappa shape index (κ1) is 20.9. The smallest absolute Gasteiger partial charge is 0.165 e. The molecular formula is C23H26FNO4. The van der Waals surface area contributed by atoms with Crippen LogP contribution in [-0.2, 0) is 13.1 Å². The largest absolute Gasteiger partial charge is 0.494 e. The van der Waals surface area contributed by atoms with Crippen LogP contribution in [0.5, 0.6) is 11.5 Å². The van der Waals surface area contributed by atoms with Crippen LogP contribution in [0.2, 0.25) is 0 Å². The second-order valence-electron chi connectivity index (χ2n) is 6.72. The van der Waals surface area contributed by atoms with Crippen LogP contribution >= 0.6 is 0 Å². The van der Waals surface area contributed by atoms with Gasteiger partial charge in [-0.1, -0.05) is 24.3 Å². The van der Waals surface area contributed by atoms with Crippen molar-refractivity contribution in [2.45, 2.75) is 26.1 Å². The number of para-hydroxylation sites is 1. The van der Waals surface area contributed by atoms with Crippen molar-refractivity contribution in [3.05, 3.63) is 84.1 Å². The van der Waals surface area contributed by atoms with Crippen molar-refractivity contribution < 1.29 is 23.4 Å². The van der Waals surface area contributed by atoms with Gasteiger partial charge in [0.2, 0.25) is 0 Å². The Hall–Kier alpha value is -2.83. The van der Waals surface area contributed by atoms with Crippen molar-refractivity contribution in [2.75, 3.05) is 19.8 Å². The van der Waals surface area contributed by atoms with Gasteiger partial charge in [-0.05, 0) is 48.9 Å². The summed E-state index contributed by atoms with van der Waals surface area (Å²) in [6.45, 7) is 4.01. The third-order valence-corrected chi connectivity index (χ3v) is 4.31. The van der Waals surface area contributed by atoms with Crippen molar-refractivity contribution in [1.29, 1.82) is 0 Å². The van der Waals surface area contributed by atoms with E-state index >= 15 is 0 Å². The van der Waals surface area contributed by atoms with Gasteiger partial charge < -0.3 is 19.0 Å². The van der Waals surface area contributed by atoms with Crippen molar-refractivity contribution in [3.8, 4) is 11.5 Å².